The zero-order chi connectivity index (χ0) is 15.5. The second-order valence-electron chi connectivity index (χ2n) is 4.81. The predicted octanol–water partition coefficient (Wildman–Crippen LogP) is 3.78. The van der Waals surface area contributed by atoms with Crippen LogP contribution in [0.25, 0.3) is 22.0 Å². The average Bonchev–Trinajstić information content (AvgIpc) is 2.54. The van der Waals surface area contributed by atoms with Gasteiger partial charge in [-0.15, -0.1) is 0 Å². The van der Waals surface area contributed by atoms with Gasteiger partial charge in [-0.2, -0.15) is 0 Å². The number of fused-ring (bicyclic) bond motifs is 1. The summed E-state index contributed by atoms with van der Waals surface area (Å²) in [5, 5.41) is 10.9. The lowest BCUT2D eigenvalue weighted by Crippen LogP contribution is -2.07. The van der Waals surface area contributed by atoms with Gasteiger partial charge in [-0.3, -0.25) is 0 Å². The van der Waals surface area contributed by atoms with Gasteiger partial charge in [0, 0.05) is 5.39 Å². The van der Waals surface area contributed by atoms with Gasteiger partial charge in [-0.25, -0.2) is 9.78 Å². The van der Waals surface area contributed by atoms with E-state index in [1.807, 2.05) is 48.5 Å². The normalized spacial score (nSPS) is 10.6. The minimum absolute atomic E-state index is 0.0560. The van der Waals surface area contributed by atoms with Crippen LogP contribution in [0.1, 0.15) is 17.4 Å². The first-order valence-corrected chi connectivity index (χ1v) is 7.06. The summed E-state index contributed by atoms with van der Waals surface area (Å²) in [5.74, 6) is -0.790. The number of esters is 1. The number of aromatic hydroxyl groups is 1. The van der Waals surface area contributed by atoms with Crippen LogP contribution in [0.15, 0.2) is 54.6 Å². The third kappa shape index (κ3) is 2.51. The van der Waals surface area contributed by atoms with Crippen molar-refractivity contribution in [1.29, 1.82) is 0 Å². The second-order valence-corrected chi connectivity index (χ2v) is 4.81. The first-order chi connectivity index (χ1) is 10.7. The lowest BCUT2D eigenvalue weighted by molar-refractivity contribution is 0.0516. The fourth-order valence-electron chi connectivity index (χ4n) is 2.40. The van der Waals surface area contributed by atoms with E-state index in [1.54, 1.807) is 13.0 Å². The van der Waals surface area contributed by atoms with Gasteiger partial charge in [0.1, 0.15) is 5.75 Å². The van der Waals surface area contributed by atoms with E-state index in [1.165, 1.54) is 0 Å². The topological polar surface area (TPSA) is 59.4 Å². The molecule has 0 bridgehead atoms. The van der Waals surface area contributed by atoms with E-state index >= 15 is 0 Å². The molecule has 22 heavy (non-hydrogen) atoms. The van der Waals surface area contributed by atoms with Crippen molar-refractivity contribution in [2.75, 3.05) is 6.61 Å². The number of carbonyl (C=O) groups excluding carboxylic acids is 1. The summed E-state index contributed by atoms with van der Waals surface area (Å²) in [6, 6.07) is 17.1. The number of hydrogen-bond acceptors (Lipinski definition) is 4. The van der Waals surface area contributed by atoms with Crippen molar-refractivity contribution in [3.63, 3.8) is 0 Å². The first kappa shape index (κ1) is 14.1. The summed E-state index contributed by atoms with van der Waals surface area (Å²) in [4.78, 5) is 16.1. The van der Waals surface area contributed by atoms with Crippen molar-refractivity contribution in [2.24, 2.45) is 0 Å². The summed E-state index contributed by atoms with van der Waals surface area (Å²) < 4.78 is 4.91. The molecule has 0 aliphatic carbocycles. The molecule has 3 aromatic rings. The Morgan fingerprint density at radius 2 is 1.91 bits per heavy atom. The Balaban J connectivity index is 2.19. The molecule has 3 rings (SSSR count). The summed E-state index contributed by atoms with van der Waals surface area (Å²) in [7, 11) is 0. The molecule has 0 radical (unpaired) electrons. The Hall–Kier alpha value is -2.88. The number of nitrogens with zero attached hydrogens (tertiary/aromatic N) is 1. The average molecular weight is 293 g/mol. The van der Waals surface area contributed by atoms with E-state index in [0.29, 0.717) is 5.52 Å². The Bertz CT molecular complexity index is 828. The predicted molar refractivity (Wildman–Crippen MR) is 84.8 cm³/mol. The van der Waals surface area contributed by atoms with E-state index in [9.17, 15) is 9.90 Å². The van der Waals surface area contributed by atoms with Crippen LogP contribution in [-0.2, 0) is 4.74 Å². The molecule has 4 nitrogen and oxygen atoms in total. The second kappa shape index (κ2) is 5.85. The highest BCUT2D eigenvalue weighted by Gasteiger charge is 2.16. The maximum atomic E-state index is 11.8. The fraction of sp³-hybridized carbons (Fsp3) is 0.111. The maximum absolute atomic E-state index is 11.8. The minimum atomic E-state index is -0.619. The zero-order valence-corrected chi connectivity index (χ0v) is 12.1. The van der Waals surface area contributed by atoms with Crippen LogP contribution in [0.2, 0.25) is 0 Å². The van der Waals surface area contributed by atoms with E-state index in [0.717, 1.165) is 16.5 Å². The quantitative estimate of drug-likeness (QED) is 0.746. The summed E-state index contributed by atoms with van der Waals surface area (Å²) in [6.07, 6.45) is 0. The number of hydrogen-bond donors (Lipinski definition) is 1. The van der Waals surface area contributed by atoms with Crippen LogP contribution in [-0.4, -0.2) is 22.7 Å². The number of aromatic nitrogens is 1. The molecule has 2 aromatic carbocycles. The molecule has 4 heteroatoms. The molecule has 0 unspecified atom stereocenters. The van der Waals surface area contributed by atoms with Crippen molar-refractivity contribution < 1.29 is 14.6 Å². The van der Waals surface area contributed by atoms with Crippen molar-refractivity contribution in [3.8, 4) is 16.9 Å². The van der Waals surface area contributed by atoms with Crippen LogP contribution >= 0.6 is 0 Å². The Morgan fingerprint density at radius 3 is 2.64 bits per heavy atom. The van der Waals surface area contributed by atoms with Crippen molar-refractivity contribution in [3.05, 3.63) is 60.3 Å². The van der Waals surface area contributed by atoms with Crippen molar-refractivity contribution in [2.45, 2.75) is 6.92 Å². The number of rotatable bonds is 3. The Kier molecular flexibility index (Phi) is 3.74. The Labute approximate surface area is 128 Å². The van der Waals surface area contributed by atoms with E-state index in [4.69, 9.17) is 4.74 Å². The standard InChI is InChI=1S/C18H15NO3/c1-2-22-18(21)17-16(20)11-14-13(9-6-10-15(14)19-17)12-7-4-3-5-8-12/h3-11,20H,2H2,1H3. The lowest BCUT2D eigenvalue weighted by atomic mass is 10.0. The highest BCUT2D eigenvalue weighted by Crippen LogP contribution is 2.31. The summed E-state index contributed by atoms with van der Waals surface area (Å²) in [6.45, 7) is 1.95. The van der Waals surface area contributed by atoms with Gasteiger partial charge < -0.3 is 9.84 Å². The molecular formula is C18H15NO3. The molecule has 0 aliphatic rings. The molecule has 0 amide bonds. The number of pyridine rings is 1. The van der Waals surface area contributed by atoms with Crippen LogP contribution < -0.4 is 0 Å². The molecule has 0 fully saturated rings. The maximum Gasteiger partial charge on any atom is 0.360 e. The van der Waals surface area contributed by atoms with Crippen LogP contribution in [0.4, 0.5) is 0 Å². The molecule has 110 valence electrons. The van der Waals surface area contributed by atoms with Gasteiger partial charge in [-0.05, 0) is 30.2 Å². The molecule has 0 atom stereocenters. The molecule has 1 aromatic heterocycles. The third-order valence-electron chi connectivity index (χ3n) is 3.39. The largest absolute Gasteiger partial charge is 0.505 e. The fourth-order valence-corrected chi connectivity index (χ4v) is 2.40. The monoisotopic (exact) mass is 293 g/mol. The third-order valence-corrected chi connectivity index (χ3v) is 3.39. The van der Waals surface area contributed by atoms with Gasteiger partial charge in [-0.1, -0.05) is 42.5 Å². The molecular weight excluding hydrogens is 278 g/mol. The number of carbonyl (C=O) groups is 1. The molecule has 1 heterocycles. The van der Waals surface area contributed by atoms with Gasteiger partial charge in [0.2, 0.25) is 0 Å². The number of benzene rings is 2. The first-order valence-electron chi connectivity index (χ1n) is 7.06. The summed E-state index contributed by atoms with van der Waals surface area (Å²) >= 11 is 0. The lowest BCUT2D eigenvalue weighted by Gasteiger charge is -2.09. The van der Waals surface area contributed by atoms with Crippen LogP contribution in [0, 0.1) is 0 Å². The Morgan fingerprint density at radius 1 is 1.14 bits per heavy atom. The van der Waals surface area contributed by atoms with Crippen molar-refractivity contribution in [1.82, 2.24) is 4.98 Å². The SMILES string of the molecule is CCOC(=O)c1nc2cccc(-c3ccccc3)c2cc1O. The van der Waals surface area contributed by atoms with Crippen LogP contribution in [0.5, 0.6) is 5.75 Å². The molecule has 0 spiro atoms. The van der Waals surface area contributed by atoms with Gasteiger partial charge in [0.25, 0.3) is 0 Å². The van der Waals surface area contributed by atoms with Crippen molar-refractivity contribution >= 4 is 16.9 Å². The van der Waals surface area contributed by atoms with Gasteiger partial charge in [0.05, 0.1) is 12.1 Å². The van der Waals surface area contributed by atoms with E-state index in [2.05, 4.69) is 4.98 Å². The molecule has 0 aliphatic heterocycles. The minimum Gasteiger partial charge on any atom is -0.505 e. The number of ether oxygens (including phenoxy) is 1. The van der Waals surface area contributed by atoms with Crippen LogP contribution in [0.3, 0.4) is 0 Å². The zero-order valence-electron chi connectivity index (χ0n) is 12.1. The van der Waals surface area contributed by atoms with E-state index in [-0.39, 0.29) is 18.1 Å². The van der Waals surface area contributed by atoms with E-state index < -0.39 is 5.97 Å². The van der Waals surface area contributed by atoms with Gasteiger partial charge in [0.15, 0.2) is 5.69 Å². The highest BCUT2D eigenvalue weighted by molar-refractivity contribution is 5.99. The molecule has 0 saturated carbocycles. The molecule has 1 N–H and O–H groups in total. The molecule has 0 saturated heterocycles. The highest BCUT2D eigenvalue weighted by atomic mass is 16.5. The smallest absolute Gasteiger partial charge is 0.360 e. The summed E-state index contributed by atoms with van der Waals surface area (Å²) in [5.41, 5.74) is 2.57. The van der Waals surface area contributed by atoms with Gasteiger partial charge >= 0.3 is 5.97 Å².